The molecule has 11 aromatic carbocycles. The van der Waals surface area contributed by atoms with Crippen molar-refractivity contribution in [2.24, 2.45) is 0 Å². The molecule has 0 N–H and O–H groups in total. The van der Waals surface area contributed by atoms with Crippen LogP contribution >= 0.6 is 0 Å². The predicted molar refractivity (Wildman–Crippen MR) is 248 cm³/mol. The van der Waals surface area contributed by atoms with Crippen LogP contribution in [-0.2, 0) is 0 Å². The summed E-state index contributed by atoms with van der Waals surface area (Å²) in [6, 6.07) is 80.2. The van der Waals surface area contributed by atoms with Gasteiger partial charge in [0.15, 0.2) is 0 Å². The molecule has 58 heavy (non-hydrogen) atoms. The number of fused-ring (bicyclic) bond motifs is 10. The molecule has 0 bridgehead atoms. The van der Waals surface area contributed by atoms with Gasteiger partial charge in [0.1, 0.15) is 0 Å². The van der Waals surface area contributed by atoms with Gasteiger partial charge in [0.25, 0.3) is 0 Å². The van der Waals surface area contributed by atoms with E-state index >= 15 is 0 Å². The molecular formula is C56H36N2. The molecule has 0 atom stereocenters. The van der Waals surface area contributed by atoms with Gasteiger partial charge in [-0.3, -0.25) is 0 Å². The molecule has 1 aromatic heterocycles. The van der Waals surface area contributed by atoms with Crippen molar-refractivity contribution < 1.29 is 0 Å². The topological polar surface area (TPSA) is 8.17 Å². The molecule has 0 saturated heterocycles. The van der Waals surface area contributed by atoms with E-state index in [9.17, 15) is 0 Å². The maximum Gasteiger partial charge on any atom is 0.0547 e. The summed E-state index contributed by atoms with van der Waals surface area (Å²) in [7, 11) is 0. The molecule has 0 amide bonds. The number of hydrogen-bond donors (Lipinski definition) is 0. The van der Waals surface area contributed by atoms with Crippen molar-refractivity contribution in [1.29, 1.82) is 0 Å². The third-order valence-corrected chi connectivity index (χ3v) is 12.1. The Morgan fingerprint density at radius 1 is 0.310 bits per heavy atom. The largest absolute Gasteiger partial charge is 0.309 e. The molecule has 0 aliphatic carbocycles. The molecule has 0 spiro atoms. The minimum Gasteiger partial charge on any atom is -0.309 e. The molecular weight excluding hydrogens is 701 g/mol. The zero-order valence-corrected chi connectivity index (χ0v) is 31.7. The number of rotatable bonds is 5. The summed E-state index contributed by atoms with van der Waals surface area (Å²) in [6.07, 6.45) is 0. The fraction of sp³-hybridized carbons (Fsp3) is 0. The summed E-state index contributed by atoms with van der Waals surface area (Å²) in [5.74, 6) is 0. The Morgan fingerprint density at radius 3 is 1.47 bits per heavy atom. The first kappa shape index (κ1) is 32.6. The summed E-state index contributed by atoms with van der Waals surface area (Å²) < 4.78 is 2.43. The van der Waals surface area contributed by atoms with Gasteiger partial charge in [0, 0.05) is 32.9 Å². The monoisotopic (exact) mass is 736 g/mol. The molecule has 2 heteroatoms. The van der Waals surface area contributed by atoms with Crippen molar-refractivity contribution in [2.45, 2.75) is 0 Å². The lowest BCUT2D eigenvalue weighted by molar-refractivity contribution is 1.18. The molecule has 12 aromatic rings. The van der Waals surface area contributed by atoms with Gasteiger partial charge in [0.05, 0.1) is 22.4 Å². The molecule has 0 saturated carbocycles. The van der Waals surface area contributed by atoms with E-state index < -0.39 is 0 Å². The van der Waals surface area contributed by atoms with E-state index in [1.807, 2.05) is 0 Å². The lowest BCUT2D eigenvalue weighted by atomic mass is 9.95. The lowest BCUT2D eigenvalue weighted by Gasteiger charge is -2.29. The van der Waals surface area contributed by atoms with E-state index in [0.717, 1.165) is 22.7 Å². The van der Waals surface area contributed by atoms with Crippen LogP contribution in [0, 0.1) is 0 Å². The summed E-state index contributed by atoms with van der Waals surface area (Å²) in [6.45, 7) is 0. The van der Waals surface area contributed by atoms with Crippen molar-refractivity contribution in [2.75, 3.05) is 4.90 Å². The molecule has 2 nitrogen and oxygen atoms in total. The van der Waals surface area contributed by atoms with Gasteiger partial charge in [0.2, 0.25) is 0 Å². The molecule has 12 rings (SSSR count). The maximum atomic E-state index is 2.51. The van der Waals surface area contributed by atoms with Gasteiger partial charge in [-0.2, -0.15) is 0 Å². The third-order valence-electron chi connectivity index (χ3n) is 12.1. The van der Waals surface area contributed by atoms with Crippen LogP contribution in [0.25, 0.3) is 92.5 Å². The second-order valence-corrected chi connectivity index (χ2v) is 15.3. The molecule has 0 fully saturated rings. The van der Waals surface area contributed by atoms with Crippen molar-refractivity contribution in [3.63, 3.8) is 0 Å². The smallest absolute Gasteiger partial charge is 0.0547 e. The van der Waals surface area contributed by atoms with E-state index in [-0.39, 0.29) is 0 Å². The summed E-state index contributed by atoms with van der Waals surface area (Å²) in [4.78, 5) is 2.51. The molecule has 1 heterocycles. The van der Waals surface area contributed by atoms with Gasteiger partial charge in [-0.15, -0.1) is 0 Å². The second-order valence-electron chi connectivity index (χ2n) is 15.3. The van der Waals surface area contributed by atoms with Crippen LogP contribution in [0.4, 0.5) is 17.1 Å². The van der Waals surface area contributed by atoms with Crippen molar-refractivity contribution in [3.8, 4) is 16.8 Å². The highest BCUT2D eigenvalue weighted by Gasteiger charge is 2.22. The highest BCUT2D eigenvalue weighted by Crippen LogP contribution is 2.47. The normalized spacial score (nSPS) is 11.8. The number of anilines is 3. The first-order valence-corrected chi connectivity index (χ1v) is 20.0. The first-order valence-electron chi connectivity index (χ1n) is 20.0. The number of aromatic nitrogens is 1. The average molecular weight is 737 g/mol. The number of para-hydroxylation sites is 1. The maximum absolute atomic E-state index is 2.51. The highest BCUT2D eigenvalue weighted by molar-refractivity contribution is 6.20. The fourth-order valence-corrected chi connectivity index (χ4v) is 9.51. The van der Waals surface area contributed by atoms with Gasteiger partial charge in [-0.05, 0) is 109 Å². The van der Waals surface area contributed by atoms with Crippen molar-refractivity contribution in [1.82, 2.24) is 4.57 Å². The standard InChI is InChI=1S/C56H36N2/c1-2-21-42(22-3-1)57-52-31-15-30-46(56(52)51-33-37-16-4-5-17-38(37)34-55(51)57)39-20-14-23-43(32-39)58(53-35-40-18-6-8-24-44(40)47-26-10-12-28-49(47)53)54-36-41-19-7-9-25-45(41)48-27-11-13-29-50(48)54/h1-36H. The second kappa shape index (κ2) is 12.9. The Balaban J connectivity index is 1.17. The van der Waals surface area contributed by atoms with Crippen molar-refractivity contribution >= 4 is 92.7 Å². The number of benzene rings is 11. The zero-order valence-electron chi connectivity index (χ0n) is 31.7. The molecule has 0 aliphatic heterocycles. The van der Waals surface area contributed by atoms with Crippen LogP contribution in [0.1, 0.15) is 0 Å². The van der Waals surface area contributed by atoms with E-state index in [4.69, 9.17) is 0 Å². The Labute approximate surface area is 336 Å². The van der Waals surface area contributed by atoms with E-state index in [1.54, 1.807) is 0 Å². The van der Waals surface area contributed by atoms with Crippen LogP contribution in [0.2, 0.25) is 0 Å². The molecule has 0 radical (unpaired) electrons. The van der Waals surface area contributed by atoms with Crippen LogP contribution < -0.4 is 4.90 Å². The highest BCUT2D eigenvalue weighted by atomic mass is 15.1. The predicted octanol–water partition coefficient (Wildman–Crippen LogP) is 15.7. The SMILES string of the molecule is c1ccc(-n2c3cc4ccccc4cc3c3c(-c4cccc(N(c5cc6ccccc6c6ccccc56)c5cc6ccccc6c6ccccc56)c4)cccc32)cc1. The molecule has 0 aliphatic rings. The quantitative estimate of drug-likeness (QED) is 0.160. The van der Waals surface area contributed by atoms with E-state index in [0.29, 0.717) is 0 Å². The van der Waals surface area contributed by atoms with Gasteiger partial charge in [-0.25, -0.2) is 0 Å². The zero-order chi connectivity index (χ0) is 38.2. The summed E-state index contributed by atoms with van der Waals surface area (Å²) in [5.41, 5.74) is 9.33. The number of hydrogen-bond acceptors (Lipinski definition) is 1. The van der Waals surface area contributed by atoms with Gasteiger partial charge in [-0.1, -0.05) is 164 Å². The summed E-state index contributed by atoms with van der Waals surface area (Å²) in [5, 5.41) is 14.8. The molecule has 0 unspecified atom stereocenters. The lowest BCUT2D eigenvalue weighted by Crippen LogP contribution is -2.11. The first-order chi connectivity index (χ1) is 28.8. The van der Waals surface area contributed by atoms with Crippen molar-refractivity contribution in [3.05, 3.63) is 218 Å². The number of nitrogens with zero attached hydrogens (tertiary/aromatic N) is 2. The van der Waals surface area contributed by atoms with Crippen LogP contribution in [0.15, 0.2) is 218 Å². The van der Waals surface area contributed by atoms with Crippen LogP contribution in [0.3, 0.4) is 0 Å². The third kappa shape index (κ3) is 4.99. The molecule has 270 valence electrons. The Kier molecular flexibility index (Phi) is 7.26. The fourth-order valence-electron chi connectivity index (χ4n) is 9.51. The van der Waals surface area contributed by atoms with E-state index in [2.05, 4.69) is 228 Å². The van der Waals surface area contributed by atoms with Crippen LogP contribution in [-0.4, -0.2) is 4.57 Å². The Bertz CT molecular complexity index is 3460. The Morgan fingerprint density at radius 2 is 0.828 bits per heavy atom. The minimum atomic E-state index is 1.10. The minimum absolute atomic E-state index is 1.10. The van der Waals surface area contributed by atoms with Crippen LogP contribution in [0.5, 0.6) is 0 Å². The van der Waals surface area contributed by atoms with Gasteiger partial charge >= 0.3 is 0 Å². The van der Waals surface area contributed by atoms with E-state index in [1.165, 1.54) is 86.8 Å². The average Bonchev–Trinajstić information content (AvgIpc) is 3.62. The van der Waals surface area contributed by atoms with Gasteiger partial charge < -0.3 is 9.47 Å². The summed E-state index contributed by atoms with van der Waals surface area (Å²) >= 11 is 0. The Hall–Kier alpha value is -7.68.